The van der Waals surface area contributed by atoms with Crippen LogP contribution in [-0.2, 0) is 29.6 Å². The summed E-state index contributed by atoms with van der Waals surface area (Å²) in [5.74, 6) is 1.07. The van der Waals surface area contributed by atoms with Gasteiger partial charge in [-0.05, 0) is 68.6 Å². The van der Waals surface area contributed by atoms with Crippen LogP contribution in [0, 0.1) is 12.8 Å². The van der Waals surface area contributed by atoms with Gasteiger partial charge in [0.05, 0.1) is 5.69 Å². The third-order valence-electron chi connectivity index (χ3n) is 8.40. The second-order valence-electron chi connectivity index (χ2n) is 11.2. The van der Waals surface area contributed by atoms with Crippen LogP contribution < -0.4 is 4.90 Å². The van der Waals surface area contributed by atoms with Crippen molar-refractivity contribution >= 4 is 17.5 Å². The highest BCUT2D eigenvalue weighted by Crippen LogP contribution is 2.36. The van der Waals surface area contributed by atoms with E-state index < -0.39 is 0 Å². The van der Waals surface area contributed by atoms with Crippen LogP contribution in [-0.4, -0.2) is 63.1 Å². The number of nitrogens with zero attached hydrogens (tertiary/aromatic N) is 5. The Labute approximate surface area is 215 Å². The first-order chi connectivity index (χ1) is 17.4. The molecule has 2 unspecified atom stereocenters. The molecule has 1 aromatic carbocycles. The molecule has 3 aliphatic rings. The number of anilines is 1. The van der Waals surface area contributed by atoms with Gasteiger partial charge in [0.2, 0.25) is 11.8 Å². The van der Waals surface area contributed by atoms with E-state index in [1.807, 2.05) is 47.9 Å². The smallest absolute Gasteiger partial charge is 0.223 e. The van der Waals surface area contributed by atoms with Crippen molar-refractivity contribution in [3.05, 3.63) is 47.3 Å². The van der Waals surface area contributed by atoms with E-state index in [-0.39, 0.29) is 11.8 Å². The van der Waals surface area contributed by atoms with Crippen LogP contribution in [0.3, 0.4) is 0 Å². The second kappa shape index (κ2) is 10.8. The van der Waals surface area contributed by atoms with Crippen LogP contribution in [0.15, 0.2) is 30.5 Å². The Morgan fingerprint density at radius 3 is 2.56 bits per heavy atom. The van der Waals surface area contributed by atoms with Crippen molar-refractivity contribution < 1.29 is 9.59 Å². The van der Waals surface area contributed by atoms with Crippen molar-refractivity contribution in [3.63, 3.8) is 0 Å². The molecule has 3 heterocycles. The number of aromatic nitrogens is 2. The normalized spacial score (nSPS) is 23.2. The van der Waals surface area contributed by atoms with Crippen LogP contribution in [0.4, 0.5) is 5.69 Å². The summed E-state index contributed by atoms with van der Waals surface area (Å²) in [6.45, 7) is 6.86. The minimum atomic E-state index is 0.0766. The molecule has 0 N–H and O–H groups in total. The van der Waals surface area contributed by atoms with E-state index in [2.05, 4.69) is 21.0 Å². The zero-order valence-corrected chi connectivity index (χ0v) is 22.2. The fraction of sp³-hybridized carbons (Fsp3) is 0.621. The first kappa shape index (κ1) is 25.0. The monoisotopic (exact) mass is 491 g/mol. The van der Waals surface area contributed by atoms with Crippen molar-refractivity contribution in [2.45, 2.75) is 83.8 Å². The first-order valence-electron chi connectivity index (χ1n) is 13.8. The molecular weight excluding hydrogens is 450 g/mol. The van der Waals surface area contributed by atoms with Crippen molar-refractivity contribution in [1.82, 2.24) is 19.6 Å². The van der Waals surface area contributed by atoms with Gasteiger partial charge in [-0.1, -0.05) is 24.6 Å². The molecule has 1 saturated carbocycles. The van der Waals surface area contributed by atoms with E-state index in [0.29, 0.717) is 31.5 Å². The number of piperidine rings is 1. The van der Waals surface area contributed by atoms with Gasteiger partial charge in [0.25, 0.3) is 0 Å². The Bertz CT molecular complexity index is 1090. The highest BCUT2D eigenvalue weighted by atomic mass is 16.2. The predicted molar refractivity (Wildman–Crippen MR) is 142 cm³/mol. The lowest BCUT2D eigenvalue weighted by molar-refractivity contribution is -0.133. The molecule has 7 nitrogen and oxygen atoms in total. The fourth-order valence-corrected chi connectivity index (χ4v) is 6.26. The van der Waals surface area contributed by atoms with E-state index in [9.17, 15) is 9.59 Å². The Morgan fingerprint density at radius 2 is 1.83 bits per heavy atom. The summed E-state index contributed by atoms with van der Waals surface area (Å²) in [7, 11) is 1.93. The molecule has 1 saturated heterocycles. The highest BCUT2D eigenvalue weighted by molar-refractivity contribution is 5.92. The summed E-state index contributed by atoms with van der Waals surface area (Å²) >= 11 is 0. The number of hydrogen-bond acceptors (Lipinski definition) is 4. The number of carbonyl (C=O) groups is 2. The van der Waals surface area contributed by atoms with Gasteiger partial charge in [0, 0.05) is 70.5 Å². The van der Waals surface area contributed by atoms with E-state index in [4.69, 9.17) is 0 Å². The summed E-state index contributed by atoms with van der Waals surface area (Å²) < 4.78 is 1.83. The van der Waals surface area contributed by atoms with Gasteiger partial charge in [-0.15, -0.1) is 0 Å². The second-order valence-corrected chi connectivity index (χ2v) is 11.2. The highest BCUT2D eigenvalue weighted by Gasteiger charge is 2.37. The van der Waals surface area contributed by atoms with Crippen LogP contribution >= 0.6 is 0 Å². The molecular formula is C29H41N5O2. The lowest BCUT2D eigenvalue weighted by Gasteiger charge is -2.44. The average Bonchev–Trinajstić information content (AvgIpc) is 3.61. The van der Waals surface area contributed by atoms with Crippen molar-refractivity contribution in [2.75, 3.05) is 24.5 Å². The van der Waals surface area contributed by atoms with E-state index >= 15 is 0 Å². The van der Waals surface area contributed by atoms with E-state index in [1.54, 1.807) is 6.92 Å². The Kier molecular flexibility index (Phi) is 7.47. The zero-order chi connectivity index (χ0) is 25.2. The third kappa shape index (κ3) is 5.66. The van der Waals surface area contributed by atoms with Gasteiger partial charge >= 0.3 is 0 Å². The summed E-state index contributed by atoms with van der Waals surface area (Å²) in [6, 6.07) is 9.03. The summed E-state index contributed by atoms with van der Waals surface area (Å²) in [5, 5.41) is 4.45. The Morgan fingerprint density at radius 1 is 1.06 bits per heavy atom. The van der Waals surface area contributed by atoms with Crippen LogP contribution in [0.5, 0.6) is 0 Å². The van der Waals surface area contributed by atoms with Crippen LogP contribution in [0.1, 0.15) is 68.7 Å². The molecule has 1 aromatic heterocycles. The molecule has 0 spiro atoms. The number of hydrogen-bond donors (Lipinski definition) is 0. The SMILES string of the molecule is CC(=O)N1CCC2CCCC(CN(C(=O)CCc3cn(C)nc3C)Cc3ccccc31)N2CC1CC1. The van der Waals surface area contributed by atoms with E-state index in [0.717, 1.165) is 60.9 Å². The average molecular weight is 492 g/mol. The molecule has 7 heteroatoms. The number of fused-ring (bicyclic) bond motifs is 3. The molecule has 2 amide bonds. The van der Waals surface area contributed by atoms with Gasteiger partial charge < -0.3 is 9.80 Å². The van der Waals surface area contributed by atoms with Crippen molar-refractivity contribution in [1.29, 1.82) is 0 Å². The number of amides is 2. The molecule has 5 rings (SSSR count). The lowest BCUT2D eigenvalue weighted by atomic mass is 9.92. The standard InChI is InChI=1S/C29H41N5O2/c1-21-24(18-31(3)30-21)13-14-29(36)32-19-25-7-4-5-10-28(25)33(22(2)35)16-15-26-8-6-9-27(20-32)34(26)17-23-11-12-23/h4-5,7,10,18,23,26-27H,6,8-9,11-17,19-20H2,1-3H3. The molecule has 2 atom stereocenters. The lowest BCUT2D eigenvalue weighted by Crippen LogP contribution is -2.53. The largest absolute Gasteiger partial charge is 0.337 e. The van der Waals surface area contributed by atoms with Crippen molar-refractivity contribution in [3.8, 4) is 0 Å². The maximum absolute atomic E-state index is 13.8. The number of rotatable bonds is 5. The molecule has 1 aliphatic carbocycles. The zero-order valence-electron chi connectivity index (χ0n) is 22.2. The fourth-order valence-electron chi connectivity index (χ4n) is 6.26. The molecule has 2 aliphatic heterocycles. The first-order valence-corrected chi connectivity index (χ1v) is 13.8. The maximum atomic E-state index is 13.8. The van der Waals surface area contributed by atoms with E-state index in [1.165, 1.54) is 25.7 Å². The number of aryl methyl sites for hydroxylation is 3. The predicted octanol–water partition coefficient (Wildman–Crippen LogP) is 4.08. The quantitative estimate of drug-likeness (QED) is 0.632. The minimum absolute atomic E-state index is 0.0766. The minimum Gasteiger partial charge on any atom is -0.337 e. The van der Waals surface area contributed by atoms with Gasteiger partial charge in [0.15, 0.2) is 0 Å². The molecule has 2 bridgehead atoms. The molecule has 36 heavy (non-hydrogen) atoms. The molecule has 2 aromatic rings. The maximum Gasteiger partial charge on any atom is 0.223 e. The molecule has 0 radical (unpaired) electrons. The van der Waals surface area contributed by atoms with Crippen molar-refractivity contribution in [2.24, 2.45) is 13.0 Å². The van der Waals surface area contributed by atoms with Gasteiger partial charge in [0.1, 0.15) is 0 Å². The van der Waals surface area contributed by atoms with Crippen LogP contribution in [0.2, 0.25) is 0 Å². The number of carbonyl (C=O) groups excluding carboxylic acids is 2. The topological polar surface area (TPSA) is 61.7 Å². The summed E-state index contributed by atoms with van der Waals surface area (Å²) in [5.41, 5.74) is 4.15. The van der Waals surface area contributed by atoms with Crippen LogP contribution in [0.25, 0.3) is 0 Å². The van der Waals surface area contributed by atoms with Gasteiger partial charge in [-0.2, -0.15) is 5.10 Å². The van der Waals surface area contributed by atoms with Gasteiger partial charge in [-0.3, -0.25) is 19.2 Å². The molecule has 194 valence electrons. The molecule has 2 fully saturated rings. The summed E-state index contributed by atoms with van der Waals surface area (Å²) in [4.78, 5) is 33.3. The number of benzene rings is 1. The summed E-state index contributed by atoms with van der Waals surface area (Å²) in [6.07, 6.45) is 10.4. The van der Waals surface area contributed by atoms with Gasteiger partial charge in [-0.25, -0.2) is 0 Å². The number of para-hydroxylation sites is 1. The Hall–Kier alpha value is -2.67. The third-order valence-corrected chi connectivity index (χ3v) is 8.40. The Balaban J connectivity index is 1.45.